The first-order chi connectivity index (χ1) is 17.5. The topological polar surface area (TPSA) is 153 Å². The van der Waals surface area contributed by atoms with Gasteiger partial charge in [0.15, 0.2) is 0 Å². The fourth-order valence-electron chi connectivity index (χ4n) is 4.42. The van der Waals surface area contributed by atoms with Crippen molar-refractivity contribution >= 4 is 62.8 Å². The van der Waals surface area contributed by atoms with Crippen LogP contribution in [-0.4, -0.2) is 73.3 Å². The summed E-state index contributed by atoms with van der Waals surface area (Å²) in [5.74, 6) is -2.13. The van der Waals surface area contributed by atoms with E-state index in [1.54, 1.807) is 25.1 Å². The van der Waals surface area contributed by atoms with Gasteiger partial charge in [-0.05, 0) is 41.6 Å². The van der Waals surface area contributed by atoms with Crippen molar-refractivity contribution < 1.29 is 27.8 Å². The van der Waals surface area contributed by atoms with E-state index >= 15 is 0 Å². The molecule has 1 aliphatic rings. The maximum Gasteiger partial charge on any atom is 0.326 e. The SMILES string of the molecule is CN(C)c1ncc(N([C@H]2CCN([C@H](Cc3cc4ccnc(N)c4cc3F)C(=O)O)C2=O)S(=O)O)cc1Cl. The van der Waals surface area contributed by atoms with Crippen LogP contribution in [-0.2, 0) is 27.3 Å². The molecule has 3 atom stereocenters. The van der Waals surface area contributed by atoms with Crippen LogP contribution in [0.2, 0.25) is 5.02 Å². The van der Waals surface area contributed by atoms with Gasteiger partial charge in [0.1, 0.15) is 29.5 Å². The van der Waals surface area contributed by atoms with E-state index < -0.39 is 41.0 Å². The first kappa shape index (κ1) is 26.5. The number of nitrogens with two attached hydrogens (primary N) is 1. The molecule has 4 N–H and O–H groups in total. The van der Waals surface area contributed by atoms with Crippen LogP contribution in [0.25, 0.3) is 10.8 Å². The molecular weight excluding hydrogens is 527 g/mol. The lowest BCUT2D eigenvalue weighted by Gasteiger charge is -2.28. The Balaban J connectivity index is 1.62. The van der Waals surface area contributed by atoms with E-state index in [0.29, 0.717) is 16.6 Å². The number of rotatable bonds is 8. The number of carboxylic acid groups (broad SMARTS) is 1. The van der Waals surface area contributed by atoms with Gasteiger partial charge in [0.25, 0.3) is 11.3 Å². The molecule has 1 saturated heterocycles. The molecule has 1 unspecified atom stereocenters. The average molecular weight is 551 g/mol. The molecule has 1 amide bonds. The predicted molar refractivity (Wildman–Crippen MR) is 138 cm³/mol. The summed E-state index contributed by atoms with van der Waals surface area (Å²) in [4.78, 5) is 36.4. The molecule has 4 rings (SSSR count). The van der Waals surface area contributed by atoms with Crippen molar-refractivity contribution in [2.24, 2.45) is 0 Å². The number of fused-ring (bicyclic) bond motifs is 1. The minimum atomic E-state index is -2.64. The number of amides is 1. The Morgan fingerprint density at radius 1 is 1.35 bits per heavy atom. The van der Waals surface area contributed by atoms with Crippen molar-refractivity contribution in [3.05, 3.63) is 53.1 Å². The number of pyridine rings is 2. The summed E-state index contributed by atoms with van der Waals surface area (Å²) in [5.41, 5.74) is 6.00. The third-order valence-electron chi connectivity index (χ3n) is 6.19. The van der Waals surface area contributed by atoms with E-state index in [2.05, 4.69) is 9.97 Å². The highest BCUT2D eigenvalue weighted by atomic mass is 35.5. The molecule has 0 spiro atoms. The molecule has 1 fully saturated rings. The summed E-state index contributed by atoms with van der Waals surface area (Å²) in [6.07, 6.45) is 2.51. The van der Waals surface area contributed by atoms with Gasteiger partial charge < -0.3 is 20.6 Å². The average Bonchev–Trinajstić information content (AvgIpc) is 3.18. The molecule has 1 aromatic carbocycles. The number of carboxylic acids is 1. The molecule has 3 aromatic rings. The molecule has 14 heteroatoms. The summed E-state index contributed by atoms with van der Waals surface area (Å²) < 4.78 is 38.1. The van der Waals surface area contributed by atoms with Gasteiger partial charge in [0.05, 0.1) is 16.9 Å². The van der Waals surface area contributed by atoms with Gasteiger partial charge >= 0.3 is 5.97 Å². The quantitative estimate of drug-likeness (QED) is 0.358. The van der Waals surface area contributed by atoms with Gasteiger partial charge in [-0.1, -0.05) is 11.6 Å². The van der Waals surface area contributed by atoms with E-state index in [4.69, 9.17) is 17.3 Å². The second-order valence-electron chi connectivity index (χ2n) is 8.71. The molecule has 196 valence electrons. The molecule has 0 aliphatic carbocycles. The highest BCUT2D eigenvalue weighted by Crippen LogP contribution is 2.32. The summed E-state index contributed by atoms with van der Waals surface area (Å²) >= 11 is 3.62. The van der Waals surface area contributed by atoms with E-state index in [9.17, 15) is 27.8 Å². The maximum atomic E-state index is 14.9. The van der Waals surface area contributed by atoms with Crippen LogP contribution in [0, 0.1) is 5.82 Å². The molecule has 0 saturated carbocycles. The van der Waals surface area contributed by atoms with Crippen LogP contribution in [0.3, 0.4) is 0 Å². The van der Waals surface area contributed by atoms with Crippen molar-refractivity contribution in [1.29, 1.82) is 0 Å². The van der Waals surface area contributed by atoms with Gasteiger partial charge in [0.2, 0.25) is 5.91 Å². The third-order valence-corrected chi connectivity index (χ3v) is 7.27. The number of carbonyl (C=O) groups is 2. The van der Waals surface area contributed by atoms with Crippen LogP contribution >= 0.6 is 11.6 Å². The zero-order valence-electron chi connectivity index (χ0n) is 19.8. The van der Waals surface area contributed by atoms with Gasteiger partial charge in [-0.3, -0.25) is 13.7 Å². The lowest BCUT2D eigenvalue weighted by atomic mass is 10.0. The number of anilines is 3. The first-order valence-corrected chi connectivity index (χ1v) is 12.5. The highest BCUT2D eigenvalue weighted by Gasteiger charge is 2.44. The van der Waals surface area contributed by atoms with E-state index in [1.807, 2.05) is 0 Å². The molecule has 1 aliphatic heterocycles. The fraction of sp³-hybridized carbons (Fsp3) is 0.304. The second-order valence-corrected chi connectivity index (χ2v) is 9.97. The number of nitrogens with zero attached hydrogens (tertiary/aromatic N) is 5. The smallest absolute Gasteiger partial charge is 0.326 e. The van der Waals surface area contributed by atoms with Crippen LogP contribution in [0.15, 0.2) is 36.7 Å². The standard InChI is InChI=1S/C23H24ClFN6O5S/c1-29(2)21-16(24)9-14(11-28-21)31(37(35)36)18-4-6-30(22(18)32)19(23(33)34)8-13-7-12-3-5-27-20(26)15(12)10-17(13)25/h3,5,7,9-11,18-19H,4,6,8H2,1-2H3,(H2,26,27)(H,33,34)(H,35,36)/t18-,19+/m0/s1. The largest absolute Gasteiger partial charge is 0.480 e. The van der Waals surface area contributed by atoms with Crippen molar-refractivity contribution in [3.8, 4) is 0 Å². The normalized spacial score (nSPS) is 17.2. The lowest BCUT2D eigenvalue weighted by Crippen LogP contribution is -2.48. The highest BCUT2D eigenvalue weighted by molar-refractivity contribution is 7.80. The zero-order chi connectivity index (χ0) is 27.0. The number of carbonyl (C=O) groups excluding carboxylic acids is 1. The van der Waals surface area contributed by atoms with Crippen molar-refractivity contribution in [1.82, 2.24) is 14.9 Å². The number of hydrogen-bond acceptors (Lipinski definition) is 7. The van der Waals surface area contributed by atoms with E-state index in [-0.39, 0.29) is 41.5 Å². The Bertz CT molecular complexity index is 1410. The zero-order valence-corrected chi connectivity index (χ0v) is 21.4. The Labute approximate surface area is 219 Å². The summed E-state index contributed by atoms with van der Waals surface area (Å²) in [5, 5.41) is 11.1. The second kappa shape index (κ2) is 10.4. The summed E-state index contributed by atoms with van der Waals surface area (Å²) in [7, 11) is 3.45. The third kappa shape index (κ3) is 5.15. The van der Waals surface area contributed by atoms with Crippen LogP contribution in [0.5, 0.6) is 0 Å². The number of nitrogen functional groups attached to an aromatic ring is 1. The van der Waals surface area contributed by atoms with Crippen molar-refractivity contribution in [3.63, 3.8) is 0 Å². The van der Waals surface area contributed by atoms with E-state index in [1.165, 1.54) is 30.6 Å². The minimum Gasteiger partial charge on any atom is -0.480 e. The Kier molecular flexibility index (Phi) is 7.48. The van der Waals surface area contributed by atoms with Crippen LogP contribution in [0.4, 0.5) is 21.7 Å². The molecule has 0 radical (unpaired) electrons. The fourth-order valence-corrected chi connectivity index (χ4v) is 5.45. The Hall–Kier alpha value is -3.55. The molecule has 11 nitrogen and oxygen atoms in total. The Morgan fingerprint density at radius 2 is 2.08 bits per heavy atom. The van der Waals surface area contributed by atoms with Crippen molar-refractivity contribution in [2.45, 2.75) is 24.9 Å². The molecule has 37 heavy (non-hydrogen) atoms. The molecular formula is C23H24ClFN6O5S. The number of likely N-dealkylation sites (tertiary alicyclic amines) is 1. The number of aliphatic carboxylic acids is 1. The monoisotopic (exact) mass is 550 g/mol. The van der Waals surface area contributed by atoms with Crippen LogP contribution in [0.1, 0.15) is 12.0 Å². The molecule has 3 heterocycles. The van der Waals surface area contributed by atoms with Crippen LogP contribution < -0.4 is 14.9 Å². The maximum absolute atomic E-state index is 14.9. The van der Waals surface area contributed by atoms with Crippen molar-refractivity contribution in [2.75, 3.05) is 35.6 Å². The number of halogens is 2. The minimum absolute atomic E-state index is 0.0167. The Morgan fingerprint density at radius 3 is 2.70 bits per heavy atom. The lowest BCUT2D eigenvalue weighted by molar-refractivity contribution is -0.148. The van der Waals surface area contributed by atoms with Gasteiger partial charge in [-0.15, -0.1) is 0 Å². The molecule has 0 bridgehead atoms. The number of aromatic nitrogens is 2. The number of benzene rings is 1. The van der Waals surface area contributed by atoms with E-state index in [0.717, 1.165) is 9.21 Å². The predicted octanol–water partition coefficient (Wildman–Crippen LogP) is 2.31. The summed E-state index contributed by atoms with van der Waals surface area (Å²) in [6.45, 7) is -0.0167. The summed E-state index contributed by atoms with van der Waals surface area (Å²) in [6, 6.07) is 3.14. The van der Waals surface area contributed by atoms with Gasteiger partial charge in [0, 0.05) is 38.6 Å². The molecule has 2 aromatic heterocycles. The van der Waals surface area contributed by atoms with Gasteiger partial charge in [-0.2, -0.15) is 0 Å². The number of hydrogen-bond donors (Lipinski definition) is 3. The first-order valence-electron chi connectivity index (χ1n) is 11.1. The van der Waals surface area contributed by atoms with Gasteiger partial charge in [-0.25, -0.2) is 23.4 Å².